The van der Waals surface area contributed by atoms with Gasteiger partial charge < -0.3 is 20.8 Å². The van der Waals surface area contributed by atoms with Crippen molar-refractivity contribution >= 4 is 28.5 Å². The molecule has 1 aromatic carbocycles. The second kappa shape index (κ2) is 7.48. The maximum Gasteiger partial charge on any atom is 0.225 e. The summed E-state index contributed by atoms with van der Waals surface area (Å²) in [5, 5.41) is 26.7. The van der Waals surface area contributed by atoms with Crippen LogP contribution in [0.4, 0.5) is 5.69 Å². The third kappa shape index (κ3) is 3.82. The number of hydrogen-bond acceptors (Lipinski definition) is 6. The first-order valence-corrected chi connectivity index (χ1v) is 9.03. The Bertz CT molecular complexity index is 713. The highest BCUT2D eigenvalue weighted by Crippen LogP contribution is 2.41. The molecule has 1 aliphatic carbocycles. The minimum absolute atomic E-state index is 0.144. The number of amides is 1. The summed E-state index contributed by atoms with van der Waals surface area (Å²) in [6.45, 7) is 2.16. The van der Waals surface area contributed by atoms with E-state index in [1.54, 1.807) is 0 Å². The van der Waals surface area contributed by atoms with E-state index in [1.807, 2.05) is 31.2 Å². The molecule has 0 radical (unpaired) electrons. The number of anilines is 1. The number of terminal acetylenes is 1. The summed E-state index contributed by atoms with van der Waals surface area (Å²) in [4.78, 5) is 16.9. The molecule has 1 saturated carbocycles. The Hall–Kier alpha value is -2.01. The van der Waals surface area contributed by atoms with Crippen molar-refractivity contribution < 1.29 is 15.0 Å². The topological polar surface area (TPSA) is 94.0 Å². The summed E-state index contributed by atoms with van der Waals surface area (Å²) in [6, 6.07) is 7.35. The van der Waals surface area contributed by atoms with Gasteiger partial charge in [-0.15, -0.1) is 6.42 Å². The summed E-state index contributed by atoms with van der Waals surface area (Å²) in [5.41, 5.74) is 2.04. The smallest absolute Gasteiger partial charge is 0.225 e. The molecule has 3 rings (SSSR count). The molecule has 4 N–H and O–H groups in total. The average Bonchev–Trinajstić information content (AvgIpc) is 3.02. The molecule has 0 aromatic heterocycles. The average molecular weight is 359 g/mol. The number of nitrogens with one attached hydrogen (secondary N) is 2. The van der Waals surface area contributed by atoms with Gasteiger partial charge in [-0.3, -0.25) is 9.79 Å². The molecule has 1 amide bonds. The Balaban J connectivity index is 1.75. The van der Waals surface area contributed by atoms with E-state index >= 15 is 0 Å². The third-order valence-electron chi connectivity index (χ3n) is 4.49. The number of hydrogen-bond donors (Lipinski definition) is 4. The van der Waals surface area contributed by atoms with Gasteiger partial charge in [0.2, 0.25) is 5.91 Å². The number of carbonyl (C=O) groups excluding carboxylic acids is 1. The molecule has 6 nitrogen and oxygen atoms in total. The summed E-state index contributed by atoms with van der Waals surface area (Å²) < 4.78 is 0. The Morgan fingerprint density at radius 2 is 2.12 bits per heavy atom. The maximum absolute atomic E-state index is 12.4. The number of amidine groups is 1. The van der Waals surface area contributed by atoms with E-state index < -0.39 is 24.2 Å². The van der Waals surface area contributed by atoms with E-state index in [4.69, 9.17) is 6.42 Å². The predicted molar refractivity (Wildman–Crippen MR) is 99.4 cm³/mol. The molecule has 0 saturated heterocycles. The summed E-state index contributed by atoms with van der Waals surface area (Å²) >= 11 is 1.42. The summed E-state index contributed by atoms with van der Waals surface area (Å²) in [7, 11) is 0. The second-order valence-electron chi connectivity index (χ2n) is 6.32. The van der Waals surface area contributed by atoms with E-state index in [1.165, 1.54) is 11.8 Å². The number of aliphatic hydroxyl groups is 2. The van der Waals surface area contributed by atoms with E-state index in [9.17, 15) is 15.0 Å². The molecule has 1 fully saturated rings. The van der Waals surface area contributed by atoms with Crippen LogP contribution < -0.4 is 10.6 Å². The number of aliphatic hydroxyl groups excluding tert-OH is 2. The largest absolute Gasteiger partial charge is 0.390 e. The van der Waals surface area contributed by atoms with Crippen LogP contribution in [-0.4, -0.2) is 51.3 Å². The number of thioether (sulfide) groups is 1. The van der Waals surface area contributed by atoms with Gasteiger partial charge in [-0.25, -0.2) is 0 Å². The van der Waals surface area contributed by atoms with Crippen molar-refractivity contribution in [1.82, 2.24) is 5.32 Å². The second-order valence-corrected chi connectivity index (χ2v) is 7.49. The normalized spacial score (nSPS) is 30.8. The van der Waals surface area contributed by atoms with Crippen LogP contribution in [0, 0.1) is 25.2 Å². The van der Waals surface area contributed by atoms with Gasteiger partial charge in [0, 0.05) is 10.9 Å². The van der Waals surface area contributed by atoms with Crippen LogP contribution in [-0.2, 0) is 4.79 Å². The van der Waals surface area contributed by atoms with Crippen molar-refractivity contribution in [3.63, 3.8) is 0 Å². The standard InChI is InChI=1S/C18H21N3O3S/c1-3-8-19-17(24)12-9-13(22)15(23)14-16(12)25-18(21-14)20-11-6-4-10(2)5-7-11/h1,4-7,12-16,22-23H,8-9H2,2H3,(H,19,24)(H,20,21)/t12-,13+,14+,15-,16+/m0/s1. The highest BCUT2D eigenvalue weighted by atomic mass is 32.2. The Kier molecular flexibility index (Phi) is 5.33. The van der Waals surface area contributed by atoms with Gasteiger partial charge in [0.25, 0.3) is 0 Å². The predicted octanol–water partition coefficient (Wildman–Crippen LogP) is 0.738. The number of aliphatic imine (C=N–C) groups is 1. The molecule has 5 atom stereocenters. The zero-order chi connectivity index (χ0) is 18.0. The van der Waals surface area contributed by atoms with Crippen molar-refractivity contribution in [3.8, 4) is 12.3 Å². The van der Waals surface area contributed by atoms with Crippen molar-refractivity contribution in [2.45, 2.75) is 36.8 Å². The van der Waals surface area contributed by atoms with Gasteiger partial charge in [0.15, 0.2) is 5.17 Å². The molecule has 132 valence electrons. The first kappa shape index (κ1) is 17.8. The van der Waals surface area contributed by atoms with Crippen molar-refractivity contribution in [2.24, 2.45) is 10.9 Å². The molecular weight excluding hydrogens is 338 g/mol. The molecule has 0 bridgehead atoms. The lowest BCUT2D eigenvalue weighted by Crippen LogP contribution is -2.54. The van der Waals surface area contributed by atoms with E-state index in [0.29, 0.717) is 5.17 Å². The molecule has 0 spiro atoms. The minimum atomic E-state index is -0.981. The SMILES string of the molecule is C#CCNC(=O)[C@H]1C[C@@H](O)[C@H](O)[C@H]2N=C(Nc3ccc(C)cc3)S[C@@H]21. The molecule has 1 heterocycles. The number of aryl methyl sites for hydroxylation is 1. The van der Waals surface area contributed by atoms with Crippen molar-refractivity contribution in [3.05, 3.63) is 29.8 Å². The van der Waals surface area contributed by atoms with Gasteiger partial charge in [-0.05, 0) is 25.5 Å². The number of rotatable bonds is 3. The highest BCUT2D eigenvalue weighted by Gasteiger charge is 2.50. The summed E-state index contributed by atoms with van der Waals surface area (Å²) in [5.74, 6) is 1.71. The lowest BCUT2D eigenvalue weighted by atomic mass is 9.81. The van der Waals surface area contributed by atoms with Crippen LogP contribution in [0.25, 0.3) is 0 Å². The molecule has 0 unspecified atom stereocenters. The lowest BCUT2D eigenvalue weighted by molar-refractivity contribution is -0.129. The number of benzene rings is 1. The number of fused-ring (bicyclic) bond motifs is 1. The molecule has 2 aliphatic rings. The maximum atomic E-state index is 12.4. The Morgan fingerprint density at radius 1 is 1.40 bits per heavy atom. The molecule has 7 heteroatoms. The number of nitrogens with zero attached hydrogens (tertiary/aromatic N) is 1. The first-order chi connectivity index (χ1) is 12.0. The molecular formula is C18H21N3O3S. The monoisotopic (exact) mass is 359 g/mol. The van der Waals surface area contributed by atoms with Gasteiger partial charge in [-0.1, -0.05) is 35.4 Å². The van der Waals surface area contributed by atoms with Crippen molar-refractivity contribution in [2.75, 3.05) is 11.9 Å². The summed E-state index contributed by atoms with van der Waals surface area (Å²) in [6.07, 6.45) is 3.42. The number of carbonyl (C=O) groups is 1. The quantitative estimate of drug-likeness (QED) is 0.597. The zero-order valence-corrected chi connectivity index (χ0v) is 14.7. The van der Waals surface area contributed by atoms with Crippen molar-refractivity contribution in [1.29, 1.82) is 0 Å². The van der Waals surface area contributed by atoms with Crippen LogP contribution >= 0.6 is 11.8 Å². The van der Waals surface area contributed by atoms with E-state index in [2.05, 4.69) is 21.5 Å². The Morgan fingerprint density at radius 3 is 2.80 bits per heavy atom. The first-order valence-electron chi connectivity index (χ1n) is 8.15. The fourth-order valence-electron chi connectivity index (χ4n) is 3.14. The minimum Gasteiger partial charge on any atom is -0.390 e. The van der Waals surface area contributed by atoms with Crippen LogP contribution in [0.1, 0.15) is 12.0 Å². The zero-order valence-electron chi connectivity index (χ0n) is 13.8. The van der Waals surface area contributed by atoms with Crippen LogP contribution in [0.5, 0.6) is 0 Å². The van der Waals surface area contributed by atoms with Gasteiger partial charge in [0.05, 0.1) is 24.6 Å². The Labute approximate surface area is 151 Å². The lowest BCUT2D eigenvalue weighted by Gasteiger charge is -2.37. The third-order valence-corrected chi connectivity index (χ3v) is 5.80. The highest BCUT2D eigenvalue weighted by molar-refractivity contribution is 8.15. The van der Waals surface area contributed by atoms with E-state index in [0.717, 1.165) is 11.3 Å². The fraction of sp³-hybridized carbons (Fsp3) is 0.444. The van der Waals surface area contributed by atoms with Crippen LogP contribution in [0.3, 0.4) is 0 Å². The fourth-order valence-corrected chi connectivity index (χ4v) is 4.52. The molecule has 1 aliphatic heterocycles. The molecule has 25 heavy (non-hydrogen) atoms. The van der Waals surface area contributed by atoms with Gasteiger partial charge >= 0.3 is 0 Å². The van der Waals surface area contributed by atoms with Crippen LogP contribution in [0.15, 0.2) is 29.3 Å². The van der Waals surface area contributed by atoms with Gasteiger partial charge in [-0.2, -0.15) is 0 Å². The van der Waals surface area contributed by atoms with Gasteiger partial charge in [0.1, 0.15) is 6.10 Å². The van der Waals surface area contributed by atoms with E-state index in [-0.39, 0.29) is 24.1 Å². The molecule has 1 aromatic rings. The van der Waals surface area contributed by atoms with Crippen LogP contribution in [0.2, 0.25) is 0 Å².